The van der Waals surface area contributed by atoms with Crippen LogP contribution in [0.4, 0.5) is 4.79 Å². The zero-order valence-corrected chi connectivity index (χ0v) is 16.1. The minimum absolute atomic E-state index is 0.0289. The number of sulfone groups is 1. The van der Waals surface area contributed by atoms with E-state index in [0.717, 1.165) is 11.8 Å². The van der Waals surface area contributed by atoms with Crippen molar-refractivity contribution in [1.82, 2.24) is 10.2 Å². The third kappa shape index (κ3) is 4.39. The summed E-state index contributed by atoms with van der Waals surface area (Å²) in [6.07, 6.45) is 0.185. The summed E-state index contributed by atoms with van der Waals surface area (Å²) in [7, 11) is -3.19. The molecule has 2 aliphatic rings. The van der Waals surface area contributed by atoms with Crippen molar-refractivity contribution in [3.63, 3.8) is 0 Å². The second kappa shape index (κ2) is 7.58. The lowest BCUT2D eigenvalue weighted by Crippen LogP contribution is -2.42. The average molecular weight is 417 g/mol. The van der Waals surface area contributed by atoms with E-state index < -0.39 is 32.3 Å². The highest BCUT2D eigenvalue weighted by molar-refractivity contribution is 8.15. The second-order valence-electron chi connectivity index (χ2n) is 6.26. The van der Waals surface area contributed by atoms with Crippen LogP contribution in [0.1, 0.15) is 18.4 Å². The van der Waals surface area contributed by atoms with Crippen molar-refractivity contribution < 1.29 is 22.8 Å². The summed E-state index contributed by atoms with van der Waals surface area (Å²) in [6.45, 7) is 0.158. The molecule has 2 aliphatic heterocycles. The maximum atomic E-state index is 12.8. The number of carbonyl (C=O) groups is 3. The number of thioether (sulfide) groups is 1. The summed E-state index contributed by atoms with van der Waals surface area (Å²) in [5, 5.41) is 1.36. The summed E-state index contributed by atoms with van der Waals surface area (Å²) >= 11 is 6.96. The Kier molecular flexibility index (Phi) is 5.59. The van der Waals surface area contributed by atoms with Crippen LogP contribution in [0.15, 0.2) is 24.3 Å². The van der Waals surface area contributed by atoms with E-state index in [1.807, 2.05) is 0 Å². The van der Waals surface area contributed by atoms with Crippen molar-refractivity contribution in [3.8, 4) is 0 Å². The van der Waals surface area contributed by atoms with Crippen LogP contribution in [-0.4, -0.2) is 53.2 Å². The molecule has 3 rings (SSSR count). The molecule has 0 bridgehead atoms. The molecular formula is C16H17ClN2O5S2. The van der Waals surface area contributed by atoms with Gasteiger partial charge in [0.15, 0.2) is 9.84 Å². The molecule has 140 valence electrons. The Morgan fingerprint density at radius 1 is 1.31 bits per heavy atom. The fourth-order valence-corrected chi connectivity index (χ4v) is 5.79. The Morgan fingerprint density at radius 3 is 2.62 bits per heavy atom. The smallest absolute Gasteiger partial charge is 0.286 e. The van der Waals surface area contributed by atoms with Gasteiger partial charge in [-0.3, -0.25) is 19.7 Å². The van der Waals surface area contributed by atoms with Gasteiger partial charge in [0.1, 0.15) is 5.25 Å². The predicted octanol–water partition coefficient (Wildman–Crippen LogP) is 1.60. The first-order chi connectivity index (χ1) is 12.2. The Balaban J connectivity index is 1.80. The van der Waals surface area contributed by atoms with Crippen molar-refractivity contribution in [2.24, 2.45) is 0 Å². The summed E-state index contributed by atoms with van der Waals surface area (Å²) < 4.78 is 23.7. The molecular weight excluding hydrogens is 400 g/mol. The van der Waals surface area contributed by atoms with Crippen LogP contribution in [0.5, 0.6) is 0 Å². The first kappa shape index (κ1) is 19.2. The van der Waals surface area contributed by atoms with Gasteiger partial charge in [0.05, 0.1) is 11.5 Å². The van der Waals surface area contributed by atoms with Gasteiger partial charge in [-0.25, -0.2) is 8.42 Å². The number of nitrogens with one attached hydrogen (secondary N) is 1. The first-order valence-corrected chi connectivity index (χ1v) is 11.1. The molecule has 0 aliphatic carbocycles. The van der Waals surface area contributed by atoms with Crippen LogP contribution in [-0.2, 0) is 26.0 Å². The monoisotopic (exact) mass is 416 g/mol. The van der Waals surface area contributed by atoms with E-state index in [9.17, 15) is 22.8 Å². The molecule has 0 radical (unpaired) electrons. The lowest BCUT2D eigenvalue weighted by atomic mass is 10.1. The molecule has 2 unspecified atom stereocenters. The van der Waals surface area contributed by atoms with Gasteiger partial charge < -0.3 is 4.90 Å². The SMILES string of the molecule is O=C1NC(=O)C(CC(=O)N(Cc2ccccc2Cl)C2CCS(=O)(=O)C2)S1. The molecule has 1 aromatic rings. The molecule has 2 atom stereocenters. The molecule has 0 spiro atoms. The number of nitrogens with zero attached hydrogens (tertiary/aromatic N) is 1. The largest absolute Gasteiger partial charge is 0.334 e. The Bertz CT molecular complexity index is 858. The Labute approximate surface area is 160 Å². The minimum Gasteiger partial charge on any atom is -0.334 e. The fourth-order valence-electron chi connectivity index (χ4n) is 3.06. The van der Waals surface area contributed by atoms with E-state index in [-0.39, 0.29) is 30.4 Å². The van der Waals surface area contributed by atoms with Crippen LogP contribution in [0.2, 0.25) is 5.02 Å². The van der Waals surface area contributed by atoms with Gasteiger partial charge in [-0.05, 0) is 18.1 Å². The van der Waals surface area contributed by atoms with E-state index >= 15 is 0 Å². The minimum atomic E-state index is -3.19. The third-order valence-corrected chi connectivity index (χ3v) is 7.50. The molecule has 0 aromatic heterocycles. The van der Waals surface area contributed by atoms with Gasteiger partial charge in [-0.15, -0.1) is 0 Å². The molecule has 2 heterocycles. The van der Waals surface area contributed by atoms with Gasteiger partial charge in [0.2, 0.25) is 11.8 Å². The number of amides is 3. The Hall–Kier alpha value is -1.58. The van der Waals surface area contributed by atoms with Crippen LogP contribution < -0.4 is 5.32 Å². The fraction of sp³-hybridized carbons (Fsp3) is 0.438. The van der Waals surface area contributed by atoms with Crippen LogP contribution >= 0.6 is 23.4 Å². The number of imide groups is 1. The first-order valence-electron chi connectivity index (χ1n) is 8.00. The van der Waals surface area contributed by atoms with Crippen molar-refractivity contribution in [2.75, 3.05) is 11.5 Å². The molecule has 2 fully saturated rings. The van der Waals surface area contributed by atoms with E-state index in [1.54, 1.807) is 24.3 Å². The van der Waals surface area contributed by atoms with Crippen molar-refractivity contribution >= 4 is 50.3 Å². The van der Waals surface area contributed by atoms with E-state index in [0.29, 0.717) is 17.0 Å². The quantitative estimate of drug-likeness (QED) is 0.782. The van der Waals surface area contributed by atoms with Crippen LogP contribution in [0, 0.1) is 0 Å². The molecule has 1 aromatic carbocycles. The van der Waals surface area contributed by atoms with E-state index in [1.165, 1.54) is 4.90 Å². The number of carbonyl (C=O) groups excluding carboxylic acids is 3. The average Bonchev–Trinajstić information content (AvgIpc) is 3.07. The van der Waals surface area contributed by atoms with Crippen LogP contribution in [0.3, 0.4) is 0 Å². The zero-order valence-electron chi connectivity index (χ0n) is 13.7. The molecule has 7 nitrogen and oxygen atoms in total. The number of rotatable bonds is 5. The van der Waals surface area contributed by atoms with Gasteiger partial charge in [-0.2, -0.15) is 0 Å². The van der Waals surface area contributed by atoms with Gasteiger partial charge >= 0.3 is 0 Å². The zero-order chi connectivity index (χ0) is 18.9. The highest BCUT2D eigenvalue weighted by atomic mass is 35.5. The topological polar surface area (TPSA) is 101 Å². The summed E-state index contributed by atoms with van der Waals surface area (Å²) in [6, 6.07) is 6.56. The lowest BCUT2D eigenvalue weighted by molar-refractivity contribution is -0.135. The lowest BCUT2D eigenvalue weighted by Gasteiger charge is -2.29. The summed E-state index contributed by atoms with van der Waals surface area (Å²) in [5.74, 6) is -0.938. The number of hydrogen-bond acceptors (Lipinski definition) is 6. The Morgan fingerprint density at radius 2 is 2.04 bits per heavy atom. The van der Waals surface area contributed by atoms with Gasteiger partial charge in [-0.1, -0.05) is 41.6 Å². The number of benzene rings is 1. The van der Waals surface area contributed by atoms with E-state index in [2.05, 4.69) is 5.32 Å². The highest BCUT2D eigenvalue weighted by Crippen LogP contribution is 2.27. The maximum absolute atomic E-state index is 12.8. The number of halogens is 1. The predicted molar refractivity (Wildman–Crippen MR) is 98.6 cm³/mol. The normalized spacial score (nSPS) is 24.5. The molecule has 2 saturated heterocycles. The molecule has 1 N–H and O–H groups in total. The maximum Gasteiger partial charge on any atom is 0.286 e. The third-order valence-electron chi connectivity index (χ3n) is 4.40. The van der Waals surface area contributed by atoms with Gasteiger partial charge in [0, 0.05) is 24.0 Å². The molecule has 10 heteroatoms. The van der Waals surface area contributed by atoms with Crippen LogP contribution in [0.25, 0.3) is 0 Å². The summed E-state index contributed by atoms with van der Waals surface area (Å²) in [4.78, 5) is 37.4. The highest BCUT2D eigenvalue weighted by Gasteiger charge is 2.38. The van der Waals surface area contributed by atoms with Crippen molar-refractivity contribution in [2.45, 2.75) is 30.7 Å². The van der Waals surface area contributed by atoms with Crippen molar-refractivity contribution in [1.29, 1.82) is 0 Å². The second-order valence-corrected chi connectivity index (χ2v) is 10.1. The molecule has 26 heavy (non-hydrogen) atoms. The van der Waals surface area contributed by atoms with Crippen molar-refractivity contribution in [3.05, 3.63) is 34.9 Å². The van der Waals surface area contributed by atoms with Gasteiger partial charge in [0.25, 0.3) is 5.24 Å². The molecule has 3 amide bonds. The molecule has 0 saturated carbocycles. The number of hydrogen-bond donors (Lipinski definition) is 1. The standard InChI is InChI=1S/C16H17ClN2O5S2/c17-12-4-2-1-3-10(12)8-19(11-5-6-26(23,24)9-11)14(20)7-13-15(21)18-16(22)25-13/h1-4,11,13H,5-9H2,(H,18,21,22). The van der Waals surface area contributed by atoms with E-state index in [4.69, 9.17) is 11.6 Å². The summed E-state index contributed by atoms with van der Waals surface area (Å²) in [5.41, 5.74) is 0.700.